The van der Waals surface area contributed by atoms with Crippen molar-refractivity contribution in [2.24, 2.45) is 4.99 Å². The number of aliphatic carboxylic acids is 1. The summed E-state index contributed by atoms with van der Waals surface area (Å²) < 4.78 is 5.12. The second-order valence-corrected chi connectivity index (χ2v) is 6.90. The first kappa shape index (κ1) is 18.7. The quantitative estimate of drug-likeness (QED) is 0.743. The van der Waals surface area contributed by atoms with Crippen LogP contribution in [0.2, 0.25) is 0 Å². The molecule has 0 spiro atoms. The van der Waals surface area contributed by atoms with Crippen LogP contribution in [0, 0.1) is 6.92 Å². The molecule has 2 aromatic rings. The minimum atomic E-state index is -1.29. The summed E-state index contributed by atoms with van der Waals surface area (Å²) in [6.45, 7) is 1.44. The van der Waals surface area contributed by atoms with Crippen molar-refractivity contribution in [3.05, 3.63) is 64.6 Å². The highest BCUT2D eigenvalue weighted by atomic mass is 32.2. The fourth-order valence-electron chi connectivity index (χ4n) is 2.43. The Hall–Kier alpha value is -3.06. The molecule has 6 nitrogen and oxygen atoms in total. The number of likely N-dealkylation sites (N-methyl/N-ethyl adjacent to an activating group) is 1. The molecule has 0 atom stereocenters. The van der Waals surface area contributed by atoms with E-state index >= 15 is 0 Å². The van der Waals surface area contributed by atoms with E-state index in [-0.39, 0.29) is 5.91 Å². The number of amides is 1. The van der Waals surface area contributed by atoms with Crippen LogP contribution in [0.25, 0.3) is 6.08 Å². The van der Waals surface area contributed by atoms with Gasteiger partial charge in [-0.3, -0.25) is 9.69 Å². The van der Waals surface area contributed by atoms with E-state index in [1.165, 1.54) is 16.7 Å². The maximum Gasteiger partial charge on any atom is 0.266 e. The van der Waals surface area contributed by atoms with E-state index in [9.17, 15) is 14.7 Å². The Balaban J connectivity index is 1.83. The Labute approximate surface area is 161 Å². The molecule has 7 heteroatoms. The Morgan fingerprint density at radius 3 is 2.78 bits per heavy atom. The molecule has 0 N–H and O–H groups in total. The van der Waals surface area contributed by atoms with Crippen LogP contribution in [-0.4, -0.2) is 35.6 Å². The average molecular weight is 381 g/mol. The van der Waals surface area contributed by atoms with Crippen LogP contribution in [0.15, 0.2) is 58.4 Å². The number of nitrogens with zero attached hydrogens (tertiary/aromatic N) is 2. The summed E-state index contributed by atoms with van der Waals surface area (Å²) in [5.41, 5.74) is 2.58. The number of carbonyl (C=O) groups is 2. The summed E-state index contributed by atoms with van der Waals surface area (Å²) >= 11 is 1.29. The summed E-state index contributed by atoms with van der Waals surface area (Å²) in [5.74, 6) is -1.04. The van der Waals surface area contributed by atoms with Crippen molar-refractivity contribution < 1.29 is 19.4 Å². The molecule has 0 saturated carbocycles. The second kappa shape index (κ2) is 8.09. The minimum absolute atomic E-state index is 0.145. The van der Waals surface area contributed by atoms with Crippen LogP contribution in [0.5, 0.6) is 5.75 Å². The lowest BCUT2D eigenvalue weighted by atomic mass is 10.2. The number of hydrogen-bond acceptors (Lipinski definition) is 6. The summed E-state index contributed by atoms with van der Waals surface area (Å²) in [6, 6.07) is 14.6. The predicted octanol–water partition coefficient (Wildman–Crippen LogP) is 2.36. The molecule has 1 aliphatic heterocycles. The average Bonchev–Trinajstić information content (AvgIpc) is 2.90. The van der Waals surface area contributed by atoms with Gasteiger partial charge in [0, 0.05) is 7.05 Å². The monoisotopic (exact) mass is 381 g/mol. The van der Waals surface area contributed by atoms with Gasteiger partial charge in [-0.1, -0.05) is 30.3 Å². The molecule has 2 aromatic carbocycles. The summed E-state index contributed by atoms with van der Waals surface area (Å²) in [5, 5.41) is 11.1. The van der Waals surface area contributed by atoms with Gasteiger partial charge in [0.05, 0.1) is 16.6 Å². The lowest BCUT2D eigenvalue weighted by Crippen LogP contribution is -2.28. The van der Waals surface area contributed by atoms with Crippen LogP contribution in [-0.2, 0) is 9.59 Å². The molecule has 0 aliphatic carbocycles. The zero-order chi connectivity index (χ0) is 19.4. The predicted molar refractivity (Wildman–Crippen MR) is 104 cm³/mol. The molecule has 1 amide bonds. The molecule has 0 aromatic heterocycles. The number of aryl methyl sites for hydroxylation is 1. The summed E-state index contributed by atoms with van der Waals surface area (Å²) in [4.78, 5) is 29.7. The molecular weight excluding hydrogens is 364 g/mol. The van der Waals surface area contributed by atoms with Gasteiger partial charge in [-0.15, -0.1) is 0 Å². The number of hydrogen-bond donors (Lipinski definition) is 0. The van der Waals surface area contributed by atoms with E-state index in [2.05, 4.69) is 4.99 Å². The maximum atomic E-state index is 12.5. The smallest absolute Gasteiger partial charge is 0.266 e. The molecular formula is C20H17N2O4S-. The van der Waals surface area contributed by atoms with E-state index in [0.717, 1.165) is 16.8 Å². The molecule has 1 heterocycles. The molecule has 27 heavy (non-hydrogen) atoms. The normalized spacial score (nSPS) is 17.0. The van der Waals surface area contributed by atoms with Crippen molar-refractivity contribution >= 4 is 40.6 Å². The number of carboxylic acid groups (broad SMARTS) is 1. The van der Waals surface area contributed by atoms with Crippen molar-refractivity contribution in [2.45, 2.75) is 6.92 Å². The Morgan fingerprint density at radius 1 is 1.26 bits per heavy atom. The van der Waals surface area contributed by atoms with Gasteiger partial charge in [-0.05, 0) is 54.1 Å². The van der Waals surface area contributed by atoms with Crippen molar-refractivity contribution in [2.75, 3.05) is 13.7 Å². The van der Waals surface area contributed by atoms with Gasteiger partial charge >= 0.3 is 0 Å². The minimum Gasteiger partial charge on any atom is -0.546 e. The fraction of sp³-hybridized carbons (Fsp3) is 0.150. The van der Waals surface area contributed by atoms with E-state index in [0.29, 0.717) is 15.8 Å². The highest BCUT2D eigenvalue weighted by Gasteiger charge is 2.30. The topological polar surface area (TPSA) is 82.0 Å². The number of thioether (sulfide) groups is 1. The molecule has 0 bridgehead atoms. The first-order valence-corrected chi connectivity index (χ1v) is 9.00. The number of amidine groups is 1. The molecule has 0 radical (unpaired) electrons. The Kier molecular flexibility index (Phi) is 5.61. The van der Waals surface area contributed by atoms with Gasteiger partial charge in [0.1, 0.15) is 12.4 Å². The van der Waals surface area contributed by atoms with Crippen LogP contribution in [0.1, 0.15) is 11.1 Å². The standard InChI is InChI=1S/C20H18N2O4S/c1-13-6-3-4-9-16(13)21-20-22(2)19(25)17(27-20)11-14-7-5-8-15(10-14)26-12-18(23)24/h3-11H,12H2,1-2H3,(H,23,24)/p-1/b17-11+,21-20?. The van der Waals surface area contributed by atoms with Crippen molar-refractivity contribution in [1.29, 1.82) is 0 Å². The number of ether oxygens (including phenoxy) is 1. The molecule has 1 saturated heterocycles. The van der Waals surface area contributed by atoms with Crippen LogP contribution in [0.4, 0.5) is 5.69 Å². The Bertz CT molecular complexity index is 953. The van der Waals surface area contributed by atoms with Gasteiger partial charge in [0.25, 0.3) is 5.91 Å². The van der Waals surface area contributed by atoms with Gasteiger partial charge < -0.3 is 14.6 Å². The Morgan fingerprint density at radius 2 is 2.04 bits per heavy atom. The number of rotatable bonds is 5. The van der Waals surface area contributed by atoms with Gasteiger partial charge in [-0.25, -0.2) is 4.99 Å². The molecule has 3 rings (SSSR count). The lowest BCUT2D eigenvalue weighted by Gasteiger charge is -2.08. The first-order chi connectivity index (χ1) is 12.9. The van der Waals surface area contributed by atoms with Crippen LogP contribution in [0.3, 0.4) is 0 Å². The third kappa shape index (κ3) is 4.57. The zero-order valence-electron chi connectivity index (χ0n) is 14.8. The van der Waals surface area contributed by atoms with Gasteiger partial charge in [0.15, 0.2) is 5.17 Å². The number of benzene rings is 2. The van der Waals surface area contributed by atoms with E-state index in [4.69, 9.17) is 4.74 Å². The van der Waals surface area contributed by atoms with E-state index in [1.807, 2.05) is 37.3 Å². The van der Waals surface area contributed by atoms with Crippen LogP contribution < -0.4 is 9.84 Å². The fourth-order valence-corrected chi connectivity index (χ4v) is 3.41. The SMILES string of the molecule is Cc1ccccc1N=C1S/C(=C/c2cccc(OCC(=O)[O-])c2)C(=O)N1C. The zero-order valence-corrected chi connectivity index (χ0v) is 15.7. The van der Waals surface area contributed by atoms with E-state index in [1.54, 1.807) is 31.3 Å². The van der Waals surface area contributed by atoms with Crippen LogP contribution >= 0.6 is 11.8 Å². The molecule has 1 aliphatic rings. The molecule has 0 unspecified atom stereocenters. The molecule has 1 fully saturated rings. The third-order valence-corrected chi connectivity index (χ3v) is 4.91. The maximum absolute atomic E-state index is 12.5. The second-order valence-electron chi connectivity index (χ2n) is 5.89. The molecule has 138 valence electrons. The van der Waals surface area contributed by atoms with Crippen molar-refractivity contribution in [1.82, 2.24) is 4.90 Å². The summed E-state index contributed by atoms with van der Waals surface area (Å²) in [7, 11) is 1.69. The van der Waals surface area contributed by atoms with E-state index < -0.39 is 12.6 Å². The lowest BCUT2D eigenvalue weighted by molar-refractivity contribution is -0.307. The third-order valence-electron chi connectivity index (χ3n) is 3.85. The first-order valence-electron chi connectivity index (χ1n) is 8.18. The highest BCUT2D eigenvalue weighted by molar-refractivity contribution is 8.18. The van der Waals surface area contributed by atoms with Crippen molar-refractivity contribution in [3.8, 4) is 5.75 Å². The number of para-hydroxylation sites is 1. The number of aliphatic imine (C=N–C) groups is 1. The van der Waals surface area contributed by atoms with Crippen molar-refractivity contribution in [3.63, 3.8) is 0 Å². The highest BCUT2D eigenvalue weighted by Crippen LogP contribution is 2.34. The number of carboxylic acids is 1. The van der Waals surface area contributed by atoms with Gasteiger partial charge in [0.2, 0.25) is 0 Å². The van der Waals surface area contributed by atoms with Gasteiger partial charge in [-0.2, -0.15) is 0 Å². The number of carbonyl (C=O) groups excluding carboxylic acids is 2. The summed E-state index contributed by atoms with van der Waals surface area (Å²) in [6.07, 6.45) is 1.73. The largest absolute Gasteiger partial charge is 0.546 e.